The van der Waals surface area contributed by atoms with Gasteiger partial charge in [-0.25, -0.2) is 0 Å². The molecule has 1 aromatic carbocycles. The summed E-state index contributed by atoms with van der Waals surface area (Å²) >= 11 is 0. The van der Waals surface area contributed by atoms with Gasteiger partial charge in [-0.05, 0) is 19.4 Å². The van der Waals surface area contributed by atoms with Gasteiger partial charge in [-0.1, -0.05) is 30.7 Å². The summed E-state index contributed by atoms with van der Waals surface area (Å²) in [4.78, 5) is 0. The number of aliphatic hydroxyl groups is 1. The van der Waals surface area contributed by atoms with E-state index in [9.17, 15) is 5.11 Å². The number of benzene rings is 1. The Balaban J connectivity index is 2.67. The van der Waals surface area contributed by atoms with E-state index >= 15 is 0 Å². The van der Waals surface area contributed by atoms with Crippen molar-refractivity contribution in [2.24, 2.45) is 0 Å². The maximum atomic E-state index is 9.82. The third-order valence-corrected chi connectivity index (χ3v) is 2.45. The zero-order chi connectivity index (χ0) is 12.0. The molecule has 0 bridgehead atoms. The van der Waals surface area contributed by atoms with Crippen LogP contribution in [0.5, 0.6) is 5.75 Å². The topological polar surface area (TPSA) is 29.5 Å². The first-order chi connectivity index (χ1) is 7.65. The van der Waals surface area contributed by atoms with Gasteiger partial charge >= 0.3 is 0 Å². The molecule has 0 heterocycles. The monoisotopic (exact) mass is 220 g/mol. The Hall–Kier alpha value is -1.28. The Bertz CT molecular complexity index is 344. The second kappa shape index (κ2) is 6.33. The number of hydrogen-bond acceptors (Lipinski definition) is 2. The molecule has 0 aliphatic heterocycles. The molecular weight excluding hydrogens is 200 g/mol. The average Bonchev–Trinajstić information content (AvgIpc) is 2.28. The van der Waals surface area contributed by atoms with Crippen LogP contribution in [0.1, 0.15) is 38.4 Å². The Labute approximate surface area is 97.6 Å². The van der Waals surface area contributed by atoms with E-state index in [-0.39, 0.29) is 0 Å². The van der Waals surface area contributed by atoms with Gasteiger partial charge in [0.25, 0.3) is 0 Å². The molecule has 0 aliphatic carbocycles. The minimum Gasteiger partial charge on any atom is -0.493 e. The highest BCUT2D eigenvalue weighted by Crippen LogP contribution is 2.26. The largest absolute Gasteiger partial charge is 0.493 e. The summed E-state index contributed by atoms with van der Waals surface area (Å²) in [6.45, 7) is 8.38. The van der Waals surface area contributed by atoms with Crippen LogP contribution in [0.15, 0.2) is 36.4 Å². The van der Waals surface area contributed by atoms with Gasteiger partial charge in [-0.3, -0.25) is 0 Å². The lowest BCUT2D eigenvalue weighted by Gasteiger charge is -2.14. The lowest BCUT2D eigenvalue weighted by atomic mass is 10.1. The molecule has 0 aliphatic rings. The second-order valence-electron chi connectivity index (χ2n) is 4.02. The highest BCUT2D eigenvalue weighted by Gasteiger charge is 2.10. The molecule has 0 fully saturated rings. The number of ether oxygens (including phenoxy) is 1. The molecule has 1 N–H and O–H groups in total. The van der Waals surface area contributed by atoms with E-state index in [0.29, 0.717) is 13.0 Å². The van der Waals surface area contributed by atoms with Crippen molar-refractivity contribution in [1.29, 1.82) is 0 Å². The van der Waals surface area contributed by atoms with Crippen molar-refractivity contribution >= 4 is 0 Å². The molecule has 1 atom stereocenters. The molecule has 88 valence electrons. The van der Waals surface area contributed by atoms with Crippen LogP contribution in [0.3, 0.4) is 0 Å². The van der Waals surface area contributed by atoms with Gasteiger partial charge in [0.05, 0.1) is 12.7 Å². The van der Waals surface area contributed by atoms with Gasteiger partial charge in [0.1, 0.15) is 5.75 Å². The van der Waals surface area contributed by atoms with Crippen molar-refractivity contribution in [3.8, 4) is 5.75 Å². The van der Waals surface area contributed by atoms with Gasteiger partial charge in [-0.15, -0.1) is 6.58 Å². The molecule has 2 heteroatoms. The van der Waals surface area contributed by atoms with E-state index in [1.807, 2.05) is 38.1 Å². The first kappa shape index (κ1) is 12.8. The minimum absolute atomic E-state index is 0.443. The van der Waals surface area contributed by atoms with Crippen LogP contribution in [0.2, 0.25) is 0 Å². The van der Waals surface area contributed by atoms with Crippen molar-refractivity contribution in [3.05, 3.63) is 42.0 Å². The quantitative estimate of drug-likeness (QED) is 0.744. The van der Waals surface area contributed by atoms with Gasteiger partial charge in [0.2, 0.25) is 0 Å². The maximum Gasteiger partial charge on any atom is 0.125 e. The van der Waals surface area contributed by atoms with Crippen LogP contribution < -0.4 is 4.74 Å². The van der Waals surface area contributed by atoms with Crippen LogP contribution in [0.25, 0.3) is 0 Å². The van der Waals surface area contributed by atoms with Crippen molar-refractivity contribution in [3.63, 3.8) is 0 Å². The van der Waals surface area contributed by atoms with Crippen LogP contribution in [0, 0.1) is 0 Å². The highest BCUT2D eigenvalue weighted by molar-refractivity contribution is 5.35. The fourth-order valence-electron chi connectivity index (χ4n) is 1.44. The summed E-state index contributed by atoms with van der Waals surface area (Å²) in [6, 6.07) is 7.64. The van der Waals surface area contributed by atoms with E-state index in [1.165, 1.54) is 0 Å². The fourth-order valence-corrected chi connectivity index (χ4v) is 1.44. The molecule has 0 amide bonds. The molecular formula is C14H20O2. The fraction of sp³-hybridized carbons (Fsp3) is 0.429. The van der Waals surface area contributed by atoms with Gasteiger partial charge in [-0.2, -0.15) is 0 Å². The minimum atomic E-state index is -0.443. The van der Waals surface area contributed by atoms with E-state index < -0.39 is 6.10 Å². The van der Waals surface area contributed by atoms with E-state index in [0.717, 1.165) is 23.3 Å². The molecule has 16 heavy (non-hydrogen) atoms. The standard InChI is InChI=1S/C14H20O2/c1-4-13(15)12-7-5-6-8-14(12)16-10-9-11(2)3/h5-8,13,15H,2,4,9-10H2,1,3H3/t13-/m1/s1. The lowest BCUT2D eigenvalue weighted by molar-refractivity contribution is 0.167. The Morgan fingerprint density at radius 1 is 1.44 bits per heavy atom. The Morgan fingerprint density at radius 2 is 2.12 bits per heavy atom. The Morgan fingerprint density at radius 3 is 2.75 bits per heavy atom. The third-order valence-electron chi connectivity index (χ3n) is 2.45. The predicted octanol–water partition coefficient (Wildman–Crippen LogP) is 3.48. The average molecular weight is 220 g/mol. The van der Waals surface area contributed by atoms with Crippen molar-refractivity contribution < 1.29 is 9.84 Å². The number of hydrogen-bond donors (Lipinski definition) is 1. The predicted molar refractivity (Wildman–Crippen MR) is 66.6 cm³/mol. The summed E-state index contributed by atoms with van der Waals surface area (Å²) in [5.74, 6) is 0.776. The van der Waals surface area contributed by atoms with E-state index in [4.69, 9.17) is 4.74 Å². The Kier molecular flexibility index (Phi) is 5.06. The van der Waals surface area contributed by atoms with Gasteiger partial charge < -0.3 is 9.84 Å². The van der Waals surface area contributed by atoms with Gasteiger partial charge in [0.15, 0.2) is 0 Å². The van der Waals surface area contributed by atoms with Gasteiger partial charge in [0, 0.05) is 12.0 Å². The summed E-state index contributed by atoms with van der Waals surface area (Å²) in [7, 11) is 0. The van der Waals surface area contributed by atoms with Crippen LogP contribution >= 0.6 is 0 Å². The zero-order valence-electron chi connectivity index (χ0n) is 10.1. The molecule has 0 spiro atoms. The molecule has 0 saturated carbocycles. The molecule has 1 rings (SSSR count). The number of para-hydroxylation sites is 1. The van der Waals surface area contributed by atoms with Crippen LogP contribution in [-0.4, -0.2) is 11.7 Å². The number of rotatable bonds is 6. The van der Waals surface area contributed by atoms with E-state index in [2.05, 4.69) is 6.58 Å². The molecule has 0 radical (unpaired) electrons. The third kappa shape index (κ3) is 3.70. The van der Waals surface area contributed by atoms with Crippen molar-refractivity contribution in [2.75, 3.05) is 6.61 Å². The van der Waals surface area contributed by atoms with E-state index in [1.54, 1.807) is 0 Å². The SMILES string of the molecule is C=C(C)CCOc1ccccc1[C@H](O)CC. The molecule has 0 aromatic heterocycles. The summed E-state index contributed by atoms with van der Waals surface area (Å²) in [6.07, 6.45) is 1.10. The summed E-state index contributed by atoms with van der Waals surface area (Å²) < 4.78 is 5.65. The molecule has 0 unspecified atom stereocenters. The molecule has 1 aromatic rings. The first-order valence-corrected chi connectivity index (χ1v) is 5.69. The molecule has 2 nitrogen and oxygen atoms in total. The highest BCUT2D eigenvalue weighted by atomic mass is 16.5. The van der Waals surface area contributed by atoms with Crippen LogP contribution in [0.4, 0.5) is 0 Å². The lowest BCUT2D eigenvalue weighted by Crippen LogP contribution is -2.03. The zero-order valence-corrected chi connectivity index (χ0v) is 10.1. The van der Waals surface area contributed by atoms with Crippen LogP contribution in [-0.2, 0) is 0 Å². The summed E-state index contributed by atoms with van der Waals surface area (Å²) in [5, 5.41) is 9.82. The second-order valence-corrected chi connectivity index (χ2v) is 4.02. The number of aliphatic hydroxyl groups excluding tert-OH is 1. The molecule has 0 saturated heterocycles. The smallest absolute Gasteiger partial charge is 0.125 e. The van der Waals surface area contributed by atoms with Crippen molar-refractivity contribution in [1.82, 2.24) is 0 Å². The normalized spacial score (nSPS) is 12.2. The first-order valence-electron chi connectivity index (χ1n) is 5.69. The summed E-state index contributed by atoms with van der Waals surface area (Å²) in [5.41, 5.74) is 1.97. The maximum absolute atomic E-state index is 9.82. The van der Waals surface area contributed by atoms with Crippen molar-refractivity contribution in [2.45, 2.75) is 32.8 Å².